The van der Waals surface area contributed by atoms with E-state index in [0.717, 1.165) is 24.2 Å². The van der Waals surface area contributed by atoms with E-state index in [1.807, 2.05) is 12.1 Å². The predicted molar refractivity (Wildman–Crippen MR) is 81.7 cm³/mol. The number of rotatable bonds is 5. The lowest BCUT2D eigenvalue weighted by Gasteiger charge is -2.19. The van der Waals surface area contributed by atoms with Crippen molar-refractivity contribution in [3.8, 4) is 0 Å². The smallest absolute Gasteiger partial charge is 0.295 e. The maximum Gasteiger partial charge on any atom is 0.295 e. The molecule has 108 valence electrons. The molecule has 1 saturated heterocycles. The minimum Gasteiger partial charge on any atom is -0.423 e. The average Bonchev–Trinajstić information content (AvgIpc) is 3.04. The van der Waals surface area contributed by atoms with Gasteiger partial charge >= 0.3 is 0 Å². The molecule has 1 aromatic carbocycles. The van der Waals surface area contributed by atoms with Crippen molar-refractivity contribution in [3.05, 3.63) is 18.2 Å². The van der Waals surface area contributed by atoms with Gasteiger partial charge in [0.05, 0.1) is 0 Å². The second-order valence-electron chi connectivity index (χ2n) is 5.74. The minimum atomic E-state index is 0.577. The molecule has 3 rings (SSSR count). The molecule has 5 heteroatoms. The molecule has 2 heterocycles. The van der Waals surface area contributed by atoms with E-state index < -0.39 is 0 Å². The van der Waals surface area contributed by atoms with Crippen molar-refractivity contribution in [2.45, 2.75) is 19.8 Å². The first-order chi connectivity index (χ1) is 9.70. The Morgan fingerprint density at radius 3 is 3.00 bits per heavy atom. The molecule has 1 unspecified atom stereocenters. The van der Waals surface area contributed by atoms with Gasteiger partial charge in [0.1, 0.15) is 5.52 Å². The lowest BCUT2D eigenvalue weighted by Crippen LogP contribution is -2.28. The number of aromatic nitrogens is 1. The van der Waals surface area contributed by atoms with Crippen molar-refractivity contribution in [1.82, 2.24) is 9.88 Å². The van der Waals surface area contributed by atoms with Crippen molar-refractivity contribution in [3.63, 3.8) is 0 Å². The Hall–Kier alpha value is -1.75. The maximum atomic E-state index is 5.73. The zero-order valence-corrected chi connectivity index (χ0v) is 11.9. The van der Waals surface area contributed by atoms with Gasteiger partial charge in [0.2, 0.25) is 0 Å². The van der Waals surface area contributed by atoms with Crippen molar-refractivity contribution < 1.29 is 4.42 Å². The summed E-state index contributed by atoms with van der Waals surface area (Å²) in [7, 11) is 0. The summed E-state index contributed by atoms with van der Waals surface area (Å²) in [6, 6.07) is 6.11. The second-order valence-corrected chi connectivity index (χ2v) is 5.74. The molecule has 1 aliphatic rings. The fourth-order valence-corrected chi connectivity index (χ4v) is 2.75. The number of likely N-dealkylation sites (tertiary alicyclic amines) is 1. The molecule has 2 aromatic rings. The zero-order valence-electron chi connectivity index (χ0n) is 11.9. The molecule has 1 aromatic heterocycles. The molecule has 1 fully saturated rings. The number of nitrogens with zero attached hydrogens (tertiary/aromatic N) is 2. The normalized spacial score (nSPS) is 17.6. The molecule has 0 spiro atoms. The van der Waals surface area contributed by atoms with Gasteiger partial charge in [0.15, 0.2) is 5.58 Å². The van der Waals surface area contributed by atoms with Gasteiger partial charge in [-0.1, -0.05) is 6.92 Å². The van der Waals surface area contributed by atoms with Gasteiger partial charge in [-0.2, -0.15) is 4.98 Å². The number of anilines is 2. The molecule has 0 amide bonds. The number of hydrogen-bond donors (Lipinski definition) is 2. The van der Waals surface area contributed by atoms with Crippen molar-refractivity contribution in [2.75, 3.05) is 37.2 Å². The fraction of sp³-hybridized carbons (Fsp3) is 0.533. The van der Waals surface area contributed by atoms with E-state index >= 15 is 0 Å². The quantitative estimate of drug-likeness (QED) is 0.820. The first-order valence-corrected chi connectivity index (χ1v) is 7.33. The molecule has 20 heavy (non-hydrogen) atoms. The maximum absolute atomic E-state index is 5.73. The van der Waals surface area contributed by atoms with Crippen LogP contribution in [-0.2, 0) is 0 Å². The largest absolute Gasteiger partial charge is 0.423 e. The fourth-order valence-electron chi connectivity index (χ4n) is 2.75. The van der Waals surface area contributed by atoms with Crippen LogP contribution in [0, 0.1) is 5.92 Å². The molecule has 3 N–H and O–H groups in total. The van der Waals surface area contributed by atoms with Gasteiger partial charge in [0, 0.05) is 24.8 Å². The lowest BCUT2D eigenvalue weighted by molar-refractivity contribution is 0.293. The number of nitrogens with two attached hydrogens (primary N) is 1. The van der Waals surface area contributed by atoms with Gasteiger partial charge < -0.3 is 20.4 Å². The molecule has 0 saturated carbocycles. The van der Waals surface area contributed by atoms with E-state index in [1.54, 1.807) is 6.07 Å². The average molecular weight is 274 g/mol. The number of fused-ring (bicyclic) bond motifs is 1. The van der Waals surface area contributed by atoms with Crippen molar-refractivity contribution in [2.24, 2.45) is 5.92 Å². The molecule has 0 bridgehead atoms. The van der Waals surface area contributed by atoms with Crippen LogP contribution in [0.1, 0.15) is 19.8 Å². The van der Waals surface area contributed by atoms with E-state index in [4.69, 9.17) is 10.2 Å². The Balaban J connectivity index is 1.56. The third kappa shape index (κ3) is 3.04. The highest BCUT2D eigenvalue weighted by molar-refractivity contribution is 5.78. The van der Waals surface area contributed by atoms with Crippen LogP contribution in [0.25, 0.3) is 11.1 Å². The number of oxazole rings is 1. The number of nitrogens with one attached hydrogen (secondary N) is 1. The van der Waals surface area contributed by atoms with Crippen LogP contribution in [-0.4, -0.2) is 36.1 Å². The zero-order chi connectivity index (χ0) is 13.9. The number of benzene rings is 1. The monoisotopic (exact) mass is 274 g/mol. The van der Waals surface area contributed by atoms with Crippen LogP contribution in [0.5, 0.6) is 0 Å². The van der Waals surface area contributed by atoms with E-state index in [9.17, 15) is 0 Å². The Morgan fingerprint density at radius 2 is 2.20 bits per heavy atom. The Morgan fingerprint density at radius 1 is 1.40 bits per heavy atom. The first kappa shape index (κ1) is 13.2. The Kier molecular flexibility index (Phi) is 3.78. The van der Waals surface area contributed by atoms with E-state index in [1.165, 1.54) is 25.9 Å². The highest BCUT2D eigenvalue weighted by Crippen LogP contribution is 2.21. The molecular weight excluding hydrogens is 252 g/mol. The van der Waals surface area contributed by atoms with Crippen LogP contribution >= 0.6 is 0 Å². The highest BCUT2D eigenvalue weighted by Gasteiger charge is 2.15. The van der Waals surface area contributed by atoms with Crippen LogP contribution < -0.4 is 11.1 Å². The third-order valence-corrected chi connectivity index (χ3v) is 3.78. The van der Waals surface area contributed by atoms with Gasteiger partial charge in [0.25, 0.3) is 6.01 Å². The molecule has 0 radical (unpaired) electrons. The summed E-state index contributed by atoms with van der Waals surface area (Å²) in [5.74, 6) is 0.577. The SMILES string of the molecule is CC(CNc1nc2ccc(N)cc2o1)CN1CCCC1. The summed E-state index contributed by atoms with van der Waals surface area (Å²) in [6.07, 6.45) is 2.68. The topological polar surface area (TPSA) is 67.3 Å². The standard InChI is InChI=1S/C15H22N4O/c1-11(10-19-6-2-3-7-19)9-17-15-18-13-5-4-12(16)8-14(13)20-15/h4-5,8,11H,2-3,6-7,9-10,16H2,1H3,(H,17,18). The van der Waals surface area contributed by atoms with Crippen LogP contribution in [0.3, 0.4) is 0 Å². The van der Waals surface area contributed by atoms with Crippen LogP contribution in [0.2, 0.25) is 0 Å². The summed E-state index contributed by atoms with van der Waals surface area (Å²) in [4.78, 5) is 6.94. The Bertz CT molecular complexity index is 574. The molecular formula is C15H22N4O. The number of nitrogen functional groups attached to an aromatic ring is 1. The van der Waals surface area contributed by atoms with Crippen LogP contribution in [0.15, 0.2) is 22.6 Å². The second kappa shape index (κ2) is 5.71. The predicted octanol–water partition coefficient (Wildman–Crippen LogP) is 2.55. The van der Waals surface area contributed by atoms with Crippen molar-refractivity contribution in [1.29, 1.82) is 0 Å². The molecule has 1 atom stereocenters. The molecule has 1 aliphatic heterocycles. The van der Waals surface area contributed by atoms with Gasteiger partial charge in [-0.05, 0) is 44.0 Å². The van der Waals surface area contributed by atoms with Crippen LogP contribution in [0.4, 0.5) is 11.7 Å². The van der Waals surface area contributed by atoms with E-state index in [2.05, 4.69) is 22.1 Å². The van der Waals surface area contributed by atoms with Gasteiger partial charge in [-0.25, -0.2) is 0 Å². The third-order valence-electron chi connectivity index (χ3n) is 3.78. The van der Waals surface area contributed by atoms with E-state index in [-0.39, 0.29) is 0 Å². The summed E-state index contributed by atoms with van der Waals surface area (Å²) in [5, 5.41) is 3.28. The summed E-state index contributed by atoms with van der Waals surface area (Å²) < 4.78 is 5.65. The number of hydrogen-bond acceptors (Lipinski definition) is 5. The first-order valence-electron chi connectivity index (χ1n) is 7.33. The lowest BCUT2D eigenvalue weighted by atomic mass is 10.1. The van der Waals surface area contributed by atoms with Gasteiger partial charge in [-0.15, -0.1) is 0 Å². The molecule has 5 nitrogen and oxygen atoms in total. The Labute approximate surface area is 119 Å². The molecule has 0 aliphatic carbocycles. The summed E-state index contributed by atoms with van der Waals surface area (Å²) in [6.45, 7) is 6.75. The van der Waals surface area contributed by atoms with E-state index in [0.29, 0.717) is 17.6 Å². The van der Waals surface area contributed by atoms with Crippen molar-refractivity contribution >= 4 is 22.8 Å². The summed E-state index contributed by atoms with van der Waals surface area (Å²) in [5.41, 5.74) is 8.01. The highest BCUT2D eigenvalue weighted by atomic mass is 16.4. The minimum absolute atomic E-state index is 0.577. The summed E-state index contributed by atoms with van der Waals surface area (Å²) >= 11 is 0. The van der Waals surface area contributed by atoms with Gasteiger partial charge in [-0.3, -0.25) is 0 Å².